The molecule has 0 radical (unpaired) electrons. The molecule has 1 rings (SSSR count). The molecule has 2 N–H and O–H groups in total. The van der Waals surface area contributed by atoms with E-state index in [0.29, 0.717) is 6.04 Å². The third-order valence-electron chi connectivity index (χ3n) is 2.28. The Hall–Kier alpha value is -0.590. The van der Waals surface area contributed by atoms with Gasteiger partial charge in [0.05, 0.1) is 6.07 Å². The van der Waals surface area contributed by atoms with E-state index < -0.39 is 5.54 Å². The van der Waals surface area contributed by atoms with Crippen LogP contribution in [0.1, 0.15) is 20.3 Å². The van der Waals surface area contributed by atoms with Gasteiger partial charge in [0, 0.05) is 19.1 Å². The quantitative estimate of drug-likeness (QED) is 0.590. The summed E-state index contributed by atoms with van der Waals surface area (Å²) in [5.41, 5.74) is 5.20. The van der Waals surface area contributed by atoms with Crippen LogP contribution in [0.4, 0.5) is 0 Å². The van der Waals surface area contributed by atoms with Crippen molar-refractivity contribution in [2.45, 2.75) is 31.8 Å². The molecule has 0 amide bonds. The van der Waals surface area contributed by atoms with Crippen molar-refractivity contribution in [3.05, 3.63) is 0 Å². The van der Waals surface area contributed by atoms with Crippen LogP contribution in [0.15, 0.2) is 0 Å². The fourth-order valence-corrected chi connectivity index (χ4v) is 1.40. The van der Waals surface area contributed by atoms with E-state index in [9.17, 15) is 0 Å². The molecule has 0 spiro atoms. The van der Waals surface area contributed by atoms with E-state index in [1.54, 1.807) is 0 Å². The maximum atomic E-state index is 8.72. The summed E-state index contributed by atoms with van der Waals surface area (Å²) in [5.74, 6) is 0. The molecule has 0 saturated carbocycles. The minimum absolute atomic E-state index is 0.508. The number of nitrogens with two attached hydrogens (primary N) is 1. The van der Waals surface area contributed by atoms with Gasteiger partial charge in [0.2, 0.25) is 0 Å². The van der Waals surface area contributed by atoms with E-state index in [1.165, 1.54) is 0 Å². The van der Waals surface area contributed by atoms with Crippen LogP contribution in [0.3, 0.4) is 0 Å². The number of nitrogens with zero attached hydrogens (tertiary/aromatic N) is 2. The summed E-state index contributed by atoms with van der Waals surface area (Å²) in [7, 11) is 0. The number of likely N-dealkylation sites (tertiary alicyclic amines) is 1. The molecule has 3 nitrogen and oxygen atoms in total. The van der Waals surface area contributed by atoms with Crippen molar-refractivity contribution in [2.75, 3.05) is 13.1 Å². The van der Waals surface area contributed by atoms with E-state index in [1.807, 2.05) is 0 Å². The molecule has 1 heterocycles. The molecule has 1 aliphatic heterocycles. The zero-order chi connectivity index (χ0) is 8.48. The molecule has 0 aromatic carbocycles. The van der Waals surface area contributed by atoms with Crippen LogP contribution in [0.25, 0.3) is 0 Å². The smallest absolute Gasteiger partial charge is 0.118 e. The van der Waals surface area contributed by atoms with Gasteiger partial charge in [-0.2, -0.15) is 5.26 Å². The molecule has 0 aromatic heterocycles. The van der Waals surface area contributed by atoms with Gasteiger partial charge in [-0.05, 0) is 20.3 Å². The highest BCUT2D eigenvalue weighted by atomic mass is 15.2. The van der Waals surface area contributed by atoms with Crippen molar-refractivity contribution in [2.24, 2.45) is 5.73 Å². The predicted molar refractivity (Wildman–Crippen MR) is 43.9 cm³/mol. The van der Waals surface area contributed by atoms with Gasteiger partial charge in [-0.3, -0.25) is 4.90 Å². The predicted octanol–water partition coefficient (Wildman–Crippen LogP) is 0.322. The maximum Gasteiger partial charge on any atom is 0.118 e. The Balaban J connectivity index is 2.55. The molecule has 3 heteroatoms. The van der Waals surface area contributed by atoms with E-state index in [-0.39, 0.29) is 0 Å². The van der Waals surface area contributed by atoms with E-state index in [4.69, 9.17) is 11.0 Å². The summed E-state index contributed by atoms with van der Waals surface area (Å²) in [6.07, 6.45) is 0.807. The Morgan fingerprint density at radius 3 is 2.55 bits per heavy atom. The lowest BCUT2D eigenvalue weighted by atomic mass is 10.0. The van der Waals surface area contributed by atoms with Gasteiger partial charge < -0.3 is 5.73 Å². The molecule has 11 heavy (non-hydrogen) atoms. The highest BCUT2D eigenvalue weighted by Gasteiger charge is 2.35. The molecule has 62 valence electrons. The van der Waals surface area contributed by atoms with Gasteiger partial charge in [-0.1, -0.05) is 0 Å². The average Bonchev–Trinajstić information content (AvgIpc) is 2.33. The zero-order valence-corrected chi connectivity index (χ0v) is 7.17. The molecule has 0 aliphatic carbocycles. The molecule has 1 unspecified atom stereocenters. The Bertz CT molecular complexity index is 182. The second-order valence-electron chi connectivity index (χ2n) is 3.58. The summed E-state index contributed by atoms with van der Waals surface area (Å²) in [6, 6.07) is 2.67. The van der Waals surface area contributed by atoms with Crippen LogP contribution in [0, 0.1) is 11.3 Å². The van der Waals surface area contributed by atoms with Gasteiger partial charge in [-0.25, -0.2) is 0 Å². The summed E-state index contributed by atoms with van der Waals surface area (Å²) in [4.78, 5) is 2.24. The molecule has 0 aromatic rings. The van der Waals surface area contributed by atoms with Gasteiger partial charge in [0.1, 0.15) is 5.54 Å². The fraction of sp³-hybridized carbons (Fsp3) is 0.875. The lowest BCUT2D eigenvalue weighted by Crippen LogP contribution is -2.42. The largest absolute Gasteiger partial charge is 0.312 e. The van der Waals surface area contributed by atoms with Crippen molar-refractivity contribution in [3.63, 3.8) is 0 Å². The van der Waals surface area contributed by atoms with Crippen LogP contribution in [-0.4, -0.2) is 29.6 Å². The second-order valence-corrected chi connectivity index (χ2v) is 3.58. The Morgan fingerprint density at radius 2 is 2.27 bits per heavy atom. The number of nitriles is 1. The third-order valence-corrected chi connectivity index (χ3v) is 2.28. The van der Waals surface area contributed by atoms with Crippen molar-refractivity contribution >= 4 is 0 Å². The summed E-state index contributed by atoms with van der Waals surface area (Å²) < 4.78 is 0. The molecule has 1 saturated heterocycles. The monoisotopic (exact) mass is 153 g/mol. The zero-order valence-electron chi connectivity index (χ0n) is 7.17. The number of rotatable bonds is 1. The number of hydrogen-bond donors (Lipinski definition) is 1. The molecule has 1 aliphatic rings. The van der Waals surface area contributed by atoms with Crippen molar-refractivity contribution in [3.8, 4) is 6.07 Å². The topological polar surface area (TPSA) is 53.0 Å². The van der Waals surface area contributed by atoms with Gasteiger partial charge in [-0.15, -0.1) is 0 Å². The SMILES string of the molecule is CC(C)N1CCC(N)(C#N)C1. The van der Waals surface area contributed by atoms with Crippen LogP contribution < -0.4 is 5.73 Å². The van der Waals surface area contributed by atoms with E-state index >= 15 is 0 Å². The van der Waals surface area contributed by atoms with Crippen LogP contribution in [-0.2, 0) is 0 Å². The lowest BCUT2D eigenvalue weighted by molar-refractivity contribution is 0.266. The van der Waals surface area contributed by atoms with Crippen LogP contribution >= 0.6 is 0 Å². The molecular weight excluding hydrogens is 138 g/mol. The first-order valence-corrected chi connectivity index (χ1v) is 4.01. The van der Waals surface area contributed by atoms with Crippen LogP contribution in [0.5, 0.6) is 0 Å². The van der Waals surface area contributed by atoms with Crippen molar-refractivity contribution in [1.29, 1.82) is 5.26 Å². The normalized spacial score (nSPS) is 32.6. The minimum Gasteiger partial charge on any atom is -0.312 e. The summed E-state index contributed by atoms with van der Waals surface area (Å²) in [6.45, 7) is 5.94. The van der Waals surface area contributed by atoms with Gasteiger partial charge >= 0.3 is 0 Å². The Labute approximate surface area is 67.8 Å². The van der Waals surface area contributed by atoms with Crippen LogP contribution in [0.2, 0.25) is 0 Å². The fourth-order valence-electron chi connectivity index (χ4n) is 1.40. The standard InChI is InChI=1S/C8H15N3/c1-7(2)11-4-3-8(10,5-9)6-11/h7H,3-4,6,10H2,1-2H3. The van der Waals surface area contributed by atoms with Crippen molar-refractivity contribution in [1.82, 2.24) is 4.90 Å². The molecule has 0 bridgehead atoms. The summed E-state index contributed by atoms with van der Waals surface area (Å²) >= 11 is 0. The first-order valence-electron chi connectivity index (χ1n) is 4.01. The average molecular weight is 153 g/mol. The Kier molecular flexibility index (Phi) is 2.17. The minimum atomic E-state index is -0.579. The molecule has 1 fully saturated rings. The van der Waals surface area contributed by atoms with E-state index in [0.717, 1.165) is 19.5 Å². The second kappa shape index (κ2) is 2.80. The summed E-state index contributed by atoms with van der Waals surface area (Å²) in [5, 5.41) is 8.72. The highest BCUT2D eigenvalue weighted by Crippen LogP contribution is 2.19. The van der Waals surface area contributed by atoms with Gasteiger partial charge in [0.25, 0.3) is 0 Å². The highest BCUT2D eigenvalue weighted by molar-refractivity contribution is 5.10. The molecular formula is C8H15N3. The lowest BCUT2D eigenvalue weighted by Gasteiger charge is -2.21. The Morgan fingerprint density at radius 1 is 1.64 bits per heavy atom. The number of hydrogen-bond acceptors (Lipinski definition) is 3. The third kappa shape index (κ3) is 1.70. The maximum absolute atomic E-state index is 8.72. The van der Waals surface area contributed by atoms with Crippen molar-refractivity contribution < 1.29 is 0 Å². The first kappa shape index (κ1) is 8.51. The van der Waals surface area contributed by atoms with Gasteiger partial charge in [0.15, 0.2) is 0 Å². The molecule has 1 atom stereocenters. The van der Waals surface area contributed by atoms with E-state index in [2.05, 4.69) is 24.8 Å². The first-order chi connectivity index (χ1) is 5.07.